The Bertz CT molecular complexity index is 33.2. The van der Waals surface area contributed by atoms with Crippen LogP contribution < -0.4 is 12.4 Å². The topological polar surface area (TPSA) is 57.5 Å². The van der Waals surface area contributed by atoms with Crippen LogP contribution in [0.4, 0.5) is 0 Å². The average Bonchev–Trinajstić information content (AvgIpc) is 1.41. The Morgan fingerprint density at radius 3 is 1.43 bits per heavy atom. The van der Waals surface area contributed by atoms with Crippen LogP contribution in [0.2, 0.25) is 0 Å². The zero-order valence-electron chi connectivity index (χ0n) is 4.18. The van der Waals surface area contributed by atoms with Crippen molar-refractivity contribution in [1.82, 2.24) is 0 Å². The molecule has 0 aromatic heterocycles. The first-order valence-electron chi connectivity index (χ1n) is 1.37. The van der Waals surface area contributed by atoms with Gasteiger partial charge in [-0.3, -0.25) is 4.79 Å². The summed E-state index contributed by atoms with van der Waals surface area (Å²) < 4.78 is 0. The fourth-order valence-corrected chi connectivity index (χ4v) is 0. The Morgan fingerprint density at radius 2 is 1.43 bits per heavy atom. The summed E-state index contributed by atoms with van der Waals surface area (Å²) in [6.45, 7) is 1.08. The third kappa shape index (κ3) is 1010. The van der Waals surface area contributed by atoms with Crippen LogP contribution in [0.15, 0.2) is 0 Å². The van der Waals surface area contributed by atoms with Gasteiger partial charge in [-0.15, -0.1) is 0 Å². The van der Waals surface area contributed by atoms with Gasteiger partial charge >= 0.3 is 0 Å². The van der Waals surface area contributed by atoms with Crippen molar-refractivity contribution in [3.63, 3.8) is 0 Å². The molecule has 0 radical (unpaired) electrons. The minimum absolute atomic E-state index is 0. The van der Waals surface area contributed by atoms with E-state index in [0.29, 0.717) is 0 Å². The third-order valence-corrected chi connectivity index (χ3v) is 0. The summed E-state index contributed by atoms with van der Waals surface area (Å²) in [7, 11) is 1.00. The Hall–Kier alpha value is -0.280. The van der Waals surface area contributed by atoms with Crippen molar-refractivity contribution in [1.29, 1.82) is 0 Å². The maximum absolute atomic E-state index is 9.00. The summed E-state index contributed by atoms with van der Waals surface area (Å²) in [5.41, 5.74) is 0. The zero-order valence-corrected chi connectivity index (χ0v) is 4.94. The lowest BCUT2D eigenvalue weighted by atomic mass is 10.9. The van der Waals surface area contributed by atoms with E-state index in [2.05, 4.69) is 0 Å². The van der Waals surface area contributed by atoms with E-state index >= 15 is 0 Å². The van der Waals surface area contributed by atoms with Gasteiger partial charge in [-0.25, -0.2) is 0 Å². The van der Waals surface area contributed by atoms with Crippen LogP contribution in [0.1, 0.15) is 6.92 Å². The highest BCUT2D eigenvalue weighted by Gasteiger charge is 1.65. The van der Waals surface area contributed by atoms with Gasteiger partial charge in [0.1, 0.15) is 0 Å². The first-order valence-corrected chi connectivity index (χ1v) is 1.37. The molecule has 0 atom stereocenters. The average molecular weight is 128 g/mol. The molecule has 46 valence electrons. The van der Waals surface area contributed by atoms with Crippen molar-refractivity contribution in [3.05, 3.63) is 0 Å². The number of aliphatic hydroxyl groups is 1. The molecule has 0 saturated heterocycles. The molecule has 0 aliphatic heterocycles. The van der Waals surface area contributed by atoms with Crippen molar-refractivity contribution >= 4 is 5.97 Å². The molecule has 0 rings (SSSR count). The molecule has 0 bridgehead atoms. The van der Waals surface area contributed by atoms with E-state index < -0.39 is 5.97 Å². The summed E-state index contributed by atoms with van der Waals surface area (Å²) >= 11 is 0. The molecule has 0 aliphatic carbocycles. The van der Waals surface area contributed by atoms with Gasteiger partial charge < -0.3 is 22.6 Å². The Labute approximate surface area is 48.4 Å². The highest BCUT2D eigenvalue weighted by molar-refractivity contribution is 5.62. The maximum Gasteiger partial charge on any atom is 0.300 e. The number of rotatable bonds is 0. The van der Waals surface area contributed by atoms with Crippen molar-refractivity contribution in [2.75, 3.05) is 7.11 Å². The lowest BCUT2D eigenvalue weighted by Gasteiger charge is -1.59. The number of aliphatic hydroxyl groups excluding tert-OH is 1. The first-order chi connectivity index (χ1) is 2.73. The third-order valence-electron chi connectivity index (χ3n) is 0. The van der Waals surface area contributed by atoms with Crippen molar-refractivity contribution in [2.45, 2.75) is 6.92 Å². The van der Waals surface area contributed by atoms with Gasteiger partial charge in [0, 0.05) is 14.0 Å². The summed E-state index contributed by atoms with van der Waals surface area (Å²) in [4.78, 5) is 9.00. The van der Waals surface area contributed by atoms with Gasteiger partial charge in [-0.1, -0.05) is 0 Å². The van der Waals surface area contributed by atoms with Crippen LogP contribution >= 0.6 is 0 Å². The zero-order chi connectivity index (χ0) is 5.58. The number of halogens is 1. The summed E-state index contributed by atoms with van der Waals surface area (Å²) in [6, 6.07) is 0. The van der Waals surface area contributed by atoms with E-state index in [0.717, 1.165) is 14.0 Å². The normalized spacial score (nSPS) is 4.43. The second-order valence-corrected chi connectivity index (χ2v) is 0.519. The SMILES string of the molecule is CC(=O)O.CO.[Cl-]. The molecule has 0 aromatic rings. The minimum Gasteiger partial charge on any atom is -1.00 e. The molecule has 4 heteroatoms. The van der Waals surface area contributed by atoms with Crippen LogP contribution in [0, 0.1) is 0 Å². The molecule has 0 spiro atoms. The molecule has 0 amide bonds. The number of aliphatic carboxylic acids is 1. The Morgan fingerprint density at radius 1 is 1.43 bits per heavy atom. The molecule has 2 N–H and O–H groups in total. The second-order valence-electron chi connectivity index (χ2n) is 0.519. The van der Waals surface area contributed by atoms with Gasteiger partial charge in [-0.05, 0) is 0 Å². The van der Waals surface area contributed by atoms with Gasteiger partial charge in [0.25, 0.3) is 5.97 Å². The van der Waals surface area contributed by atoms with Crippen molar-refractivity contribution < 1.29 is 27.4 Å². The second kappa shape index (κ2) is 17.2. The minimum atomic E-state index is -0.833. The molecule has 0 heterocycles. The molecule has 3 nitrogen and oxygen atoms in total. The number of carboxylic acids is 1. The van der Waals surface area contributed by atoms with E-state index in [-0.39, 0.29) is 12.4 Å². The quantitative estimate of drug-likeness (QED) is 0.359. The lowest BCUT2D eigenvalue weighted by Crippen LogP contribution is -3.00. The van der Waals surface area contributed by atoms with Gasteiger partial charge in [0.05, 0.1) is 0 Å². The van der Waals surface area contributed by atoms with Crippen molar-refractivity contribution in [3.8, 4) is 0 Å². The summed E-state index contributed by atoms with van der Waals surface area (Å²) in [5.74, 6) is -0.833. The smallest absolute Gasteiger partial charge is 0.300 e. The summed E-state index contributed by atoms with van der Waals surface area (Å²) in [5, 5.41) is 14.4. The van der Waals surface area contributed by atoms with Crippen LogP contribution in [-0.2, 0) is 4.79 Å². The van der Waals surface area contributed by atoms with Gasteiger partial charge in [-0.2, -0.15) is 0 Å². The van der Waals surface area contributed by atoms with E-state index in [1.54, 1.807) is 0 Å². The van der Waals surface area contributed by atoms with Gasteiger partial charge in [0.15, 0.2) is 0 Å². The van der Waals surface area contributed by atoms with E-state index in [4.69, 9.17) is 15.0 Å². The van der Waals surface area contributed by atoms with Crippen LogP contribution in [0.3, 0.4) is 0 Å². The highest BCUT2D eigenvalue weighted by atomic mass is 35.5. The molecular formula is C3H8ClO3-. The Balaban J connectivity index is -0.0000000480. The molecule has 0 fully saturated rings. The number of hydrogen-bond acceptors (Lipinski definition) is 2. The number of carbonyl (C=O) groups is 1. The van der Waals surface area contributed by atoms with Crippen LogP contribution in [0.25, 0.3) is 0 Å². The molecule has 0 unspecified atom stereocenters. The molecule has 0 saturated carbocycles. The van der Waals surface area contributed by atoms with Crippen molar-refractivity contribution in [2.24, 2.45) is 0 Å². The monoisotopic (exact) mass is 127 g/mol. The Kier molecular flexibility index (Phi) is 39.1. The largest absolute Gasteiger partial charge is 1.00 e. The number of hydrogen-bond donors (Lipinski definition) is 2. The molecular weight excluding hydrogens is 119 g/mol. The van der Waals surface area contributed by atoms with Gasteiger partial charge in [0.2, 0.25) is 0 Å². The predicted molar refractivity (Wildman–Crippen MR) is 21.5 cm³/mol. The van der Waals surface area contributed by atoms with E-state index in [9.17, 15) is 0 Å². The van der Waals surface area contributed by atoms with E-state index in [1.165, 1.54) is 0 Å². The first kappa shape index (κ1) is 15.9. The predicted octanol–water partition coefficient (Wildman–Crippen LogP) is -3.30. The highest BCUT2D eigenvalue weighted by Crippen LogP contribution is 1.42. The maximum atomic E-state index is 9.00. The lowest BCUT2D eigenvalue weighted by molar-refractivity contribution is -0.134. The molecule has 0 aromatic carbocycles. The van der Waals surface area contributed by atoms with Crippen LogP contribution in [-0.4, -0.2) is 23.3 Å². The number of carboxylic acid groups (broad SMARTS) is 1. The van der Waals surface area contributed by atoms with E-state index in [1.807, 2.05) is 0 Å². The molecule has 0 aliphatic rings. The molecule has 7 heavy (non-hydrogen) atoms. The van der Waals surface area contributed by atoms with Crippen LogP contribution in [0.5, 0.6) is 0 Å². The standard InChI is InChI=1S/C2H4O2.CH4O.ClH/c1-2(3)4;1-2;/h1H3,(H,3,4);2H,1H3;1H/p-1. The fraction of sp³-hybridized carbons (Fsp3) is 0.667. The summed E-state index contributed by atoms with van der Waals surface area (Å²) in [6.07, 6.45) is 0. The fourth-order valence-electron chi connectivity index (χ4n) is 0.